The van der Waals surface area contributed by atoms with Gasteiger partial charge < -0.3 is 5.32 Å². The summed E-state index contributed by atoms with van der Waals surface area (Å²) in [7, 11) is 0. The summed E-state index contributed by atoms with van der Waals surface area (Å²) in [5.41, 5.74) is 0. The first-order valence-corrected chi connectivity index (χ1v) is 6.04. The predicted octanol–water partition coefficient (Wildman–Crippen LogP) is 3.34. The van der Waals surface area contributed by atoms with E-state index in [9.17, 15) is 0 Å². The van der Waals surface area contributed by atoms with Crippen LogP contribution in [-0.4, -0.2) is 12.1 Å². The third-order valence-corrected chi connectivity index (χ3v) is 3.61. The molecule has 0 aromatic heterocycles. The van der Waals surface area contributed by atoms with Crippen molar-refractivity contribution >= 4 is 0 Å². The Balaban J connectivity index is 2.25. The Morgan fingerprint density at radius 1 is 1.15 bits per heavy atom. The molecule has 1 unspecified atom stereocenters. The second-order valence-electron chi connectivity index (χ2n) is 4.51. The number of hydrogen-bond acceptors (Lipinski definition) is 1. The van der Waals surface area contributed by atoms with Crippen molar-refractivity contribution in [2.24, 2.45) is 5.92 Å². The Hall–Kier alpha value is -0.0400. The molecule has 1 nitrogen and oxygen atoms in total. The van der Waals surface area contributed by atoms with Crippen molar-refractivity contribution in [3.8, 4) is 0 Å². The van der Waals surface area contributed by atoms with E-state index in [-0.39, 0.29) is 0 Å². The normalized spacial score (nSPS) is 21.2. The fourth-order valence-corrected chi connectivity index (χ4v) is 2.60. The summed E-state index contributed by atoms with van der Waals surface area (Å²) >= 11 is 0. The third kappa shape index (κ3) is 3.30. The molecule has 0 amide bonds. The van der Waals surface area contributed by atoms with E-state index in [0.29, 0.717) is 0 Å². The fourth-order valence-electron chi connectivity index (χ4n) is 2.60. The lowest BCUT2D eigenvalue weighted by molar-refractivity contribution is 0.321. The molecular weight excluding hydrogens is 158 g/mol. The van der Waals surface area contributed by atoms with Crippen LogP contribution in [0.4, 0.5) is 0 Å². The second-order valence-corrected chi connectivity index (χ2v) is 4.51. The van der Waals surface area contributed by atoms with Gasteiger partial charge in [0.1, 0.15) is 0 Å². The van der Waals surface area contributed by atoms with Gasteiger partial charge in [0.15, 0.2) is 0 Å². The molecule has 1 fully saturated rings. The highest BCUT2D eigenvalue weighted by Gasteiger charge is 2.20. The molecule has 1 saturated carbocycles. The molecule has 1 aliphatic rings. The van der Waals surface area contributed by atoms with E-state index >= 15 is 0 Å². The third-order valence-electron chi connectivity index (χ3n) is 3.61. The van der Waals surface area contributed by atoms with Crippen LogP contribution in [0.1, 0.15) is 59.3 Å². The average molecular weight is 183 g/mol. The Morgan fingerprint density at radius 2 is 1.69 bits per heavy atom. The average Bonchev–Trinajstić information content (AvgIpc) is 2.59. The van der Waals surface area contributed by atoms with Crippen LogP contribution < -0.4 is 5.32 Å². The highest BCUT2D eigenvalue weighted by Crippen LogP contribution is 2.21. The van der Waals surface area contributed by atoms with Crippen molar-refractivity contribution in [1.29, 1.82) is 0 Å². The molecule has 1 rings (SSSR count). The molecule has 1 heteroatoms. The summed E-state index contributed by atoms with van der Waals surface area (Å²) in [4.78, 5) is 0. The zero-order chi connectivity index (χ0) is 9.68. The maximum atomic E-state index is 3.78. The highest BCUT2D eigenvalue weighted by atomic mass is 15.0. The molecule has 0 heterocycles. The van der Waals surface area contributed by atoms with E-state index in [1.165, 1.54) is 38.5 Å². The van der Waals surface area contributed by atoms with E-state index in [1.54, 1.807) is 0 Å². The van der Waals surface area contributed by atoms with Crippen LogP contribution in [0, 0.1) is 5.92 Å². The molecule has 1 N–H and O–H groups in total. The minimum atomic E-state index is 0.720. The molecule has 13 heavy (non-hydrogen) atoms. The highest BCUT2D eigenvalue weighted by molar-refractivity contribution is 4.79. The quantitative estimate of drug-likeness (QED) is 0.689. The Labute approximate surface area is 83.3 Å². The summed E-state index contributed by atoms with van der Waals surface area (Å²) in [6.07, 6.45) is 8.32. The minimum Gasteiger partial charge on any atom is -0.311 e. The van der Waals surface area contributed by atoms with E-state index in [2.05, 4.69) is 26.1 Å². The summed E-state index contributed by atoms with van der Waals surface area (Å²) in [6.45, 7) is 6.97. The number of rotatable bonds is 5. The van der Waals surface area contributed by atoms with E-state index in [1.807, 2.05) is 0 Å². The summed E-state index contributed by atoms with van der Waals surface area (Å²) < 4.78 is 0. The molecule has 0 aliphatic heterocycles. The Bertz CT molecular complexity index is 123. The van der Waals surface area contributed by atoms with E-state index in [0.717, 1.165) is 18.0 Å². The van der Waals surface area contributed by atoms with Gasteiger partial charge in [-0.05, 0) is 25.7 Å². The van der Waals surface area contributed by atoms with Crippen LogP contribution in [0.15, 0.2) is 0 Å². The second kappa shape index (κ2) is 5.64. The number of nitrogens with one attached hydrogen (secondary N) is 1. The van der Waals surface area contributed by atoms with E-state index in [4.69, 9.17) is 0 Å². The maximum Gasteiger partial charge on any atom is 0.00696 e. The lowest BCUT2D eigenvalue weighted by Crippen LogP contribution is -2.39. The van der Waals surface area contributed by atoms with Gasteiger partial charge in [-0.25, -0.2) is 0 Å². The molecule has 0 aromatic carbocycles. The van der Waals surface area contributed by atoms with Crippen LogP contribution in [-0.2, 0) is 0 Å². The van der Waals surface area contributed by atoms with Gasteiger partial charge >= 0.3 is 0 Å². The largest absolute Gasteiger partial charge is 0.311 e. The predicted molar refractivity (Wildman–Crippen MR) is 58.9 cm³/mol. The first-order valence-electron chi connectivity index (χ1n) is 6.04. The molecule has 0 aromatic rings. The molecule has 1 aliphatic carbocycles. The topological polar surface area (TPSA) is 12.0 Å². The lowest BCUT2D eigenvalue weighted by atomic mass is 9.95. The van der Waals surface area contributed by atoms with Crippen molar-refractivity contribution in [2.75, 3.05) is 0 Å². The Kier molecular flexibility index (Phi) is 4.79. The smallest absolute Gasteiger partial charge is 0.00696 e. The Morgan fingerprint density at radius 3 is 2.15 bits per heavy atom. The molecule has 0 spiro atoms. The van der Waals surface area contributed by atoms with Gasteiger partial charge in [-0.1, -0.05) is 39.5 Å². The van der Waals surface area contributed by atoms with Gasteiger partial charge in [-0.2, -0.15) is 0 Å². The maximum absolute atomic E-state index is 3.78. The molecular formula is C12H25N. The summed E-state index contributed by atoms with van der Waals surface area (Å²) in [5.74, 6) is 0.876. The van der Waals surface area contributed by atoms with Crippen molar-refractivity contribution in [3.05, 3.63) is 0 Å². The van der Waals surface area contributed by atoms with Crippen molar-refractivity contribution in [1.82, 2.24) is 5.32 Å². The van der Waals surface area contributed by atoms with Crippen LogP contribution in [0.25, 0.3) is 0 Å². The van der Waals surface area contributed by atoms with Crippen molar-refractivity contribution in [2.45, 2.75) is 71.4 Å². The van der Waals surface area contributed by atoms with Crippen LogP contribution in [0.3, 0.4) is 0 Å². The molecule has 78 valence electrons. The molecule has 1 atom stereocenters. The zero-order valence-electron chi connectivity index (χ0n) is 9.47. The van der Waals surface area contributed by atoms with Crippen molar-refractivity contribution < 1.29 is 0 Å². The van der Waals surface area contributed by atoms with E-state index < -0.39 is 0 Å². The van der Waals surface area contributed by atoms with Gasteiger partial charge in [0.2, 0.25) is 0 Å². The van der Waals surface area contributed by atoms with Gasteiger partial charge in [0, 0.05) is 12.1 Å². The van der Waals surface area contributed by atoms with Gasteiger partial charge in [0.05, 0.1) is 0 Å². The molecule has 0 bridgehead atoms. The van der Waals surface area contributed by atoms with Crippen LogP contribution in [0.5, 0.6) is 0 Å². The molecule has 0 saturated heterocycles. The standard InChI is InChI=1S/C12H25N/c1-4-11(5-2)10(3)13-12-8-6-7-9-12/h10-13H,4-9H2,1-3H3. The van der Waals surface area contributed by atoms with Crippen LogP contribution in [0.2, 0.25) is 0 Å². The SMILES string of the molecule is CCC(CC)C(C)NC1CCCC1. The fraction of sp³-hybridized carbons (Fsp3) is 1.00. The van der Waals surface area contributed by atoms with Gasteiger partial charge in [-0.15, -0.1) is 0 Å². The lowest BCUT2D eigenvalue weighted by Gasteiger charge is -2.26. The number of hydrogen-bond donors (Lipinski definition) is 1. The van der Waals surface area contributed by atoms with Crippen LogP contribution >= 0.6 is 0 Å². The summed E-state index contributed by atoms with van der Waals surface area (Å²) in [6, 6.07) is 1.55. The van der Waals surface area contributed by atoms with Gasteiger partial charge in [0.25, 0.3) is 0 Å². The van der Waals surface area contributed by atoms with Gasteiger partial charge in [-0.3, -0.25) is 0 Å². The van der Waals surface area contributed by atoms with Crippen molar-refractivity contribution in [3.63, 3.8) is 0 Å². The monoisotopic (exact) mass is 183 g/mol. The summed E-state index contributed by atoms with van der Waals surface area (Å²) in [5, 5.41) is 3.78. The first-order chi connectivity index (χ1) is 6.27. The minimum absolute atomic E-state index is 0.720. The molecule has 0 radical (unpaired) electrons. The zero-order valence-corrected chi connectivity index (χ0v) is 9.47. The first kappa shape index (κ1) is 11.0.